The fourth-order valence-electron chi connectivity index (χ4n) is 4.43. The van der Waals surface area contributed by atoms with Gasteiger partial charge in [-0.05, 0) is 68.8 Å². The zero-order chi connectivity index (χ0) is 14.3. The van der Waals surface area contributed by atoms with Gasteiger partial charge in [-0.3, -0.25) is 0 Å². The van der Waals surface area contributed by atoms with Crippen molar-refractivity contribution in [2.24, 2.45) is 17.3 Å². The summed E-state index contributed by atoms with van der Waals surface area (Å²) in [5.74, 6) is 1.78. The van der Waals surface area contributed by atoms with Gasteiger partial charge in [0.1, 0.15) is 0 Å². The van der Waals surface area contributed by atoms with E-state index in [-0.39, 0.29) is 0 Å². The Morgan fingerprint density at radius 3 is 2.70 bits per heavy atom. The van der Waals surface area contributed by atoms with Crippen LogP contribution in [0.25, 0.3) is 0 Å². The number of aryl methyl sites for hydroxylation is 1. The number of benzene rings is 1. The minimum absolute atomic E-state index is 0.453. The maximum absolute atomic E-state index is 2.47. The number of rotatable bonds is 3. The summed E-state index contributed by atoms with van der Waals surface area (Å²) in [5.41, 5.74) is 6.91. The van der Waals surface area contributed by atoms with E-state index in [4.69, 9.17) is 0 Å². The molecule has 2 aliphatic carbocycles. The molecular formula is C20H28. The van der Waals surface area contributed by atoms with Gasteiger partial charge >= 0.3 is 0 Å². The first kappa shape index (κ1) is 13.9. The molecule has 0 aromatic heterocycles. The average Bonchev–Trinajstić information content (AvgIpc) is 3.06. The van der Waals surface area contributed by atoms with Crippen LogP contribution in [-0.2, 0) is 6.42 Å². The Kier molecular flexibility index (Phi) is 3.52. The summed E-state index contributed by atoms with van der Waals surface area (Å²) < 4.78 is 0. The van der Waals surface area contributed by atoms with E-state index in [1.165, 1.54) is 43.2 Å². The second-order valence-corrected chi connectivity index (χ2v) is 7.73. The van der Waals surface area contributed by atoms with Crippen molar-refractivity contribution < 1.29 is 0 Å². The largest absolute Gasteiger partial charge is 0.0733 e. The van der Waals surface area contributed by atoms with Crippen LogP contribution in [0.4, 0.5) is 0 Å². The molecule has 0 saturated heterocycles. The summed E-state index contributed by atoms with van der Waals surface area (Å²) in [7, 11) is 0. The summed E-state index contributed by atoms with van der Waals surface area (Å²) in [6, 6.07) is 9.07. The van der Waals surface area contributed by atoms with Gasteiger partial charge in [0.15, 0.2) is 0 Å². The van der Waals surface area contributed by atoms with Crippen molar-refractivity contribution >= 4 is 0 Å². The highest BCUT2D eigenvalue weighted by molar-refractivity contribution is 5.31. The topological polar surface area (TPSA) is 0 Å². The minimum Gasteiger partial charge on any atom is -0.0733 e. The van der Waals surface area contributed by atoms with Crippen molar-refractivity contribution in [3.05, 3.63) is 46.5 Å². The van der Waals surface area contributed by atoms with Gasteiger partial charge in [-0.1, -0.05) is 54.8 Å². The molecule has 2 aliphatic rings. The fraction of sp³-hybridized carbons (Fsp3) is 0.600. The Labute approximate surface area is 124 Å². The molecule has 0 bridgehead atoms. The summed E-state index contributed by atoms with van der Waals surface area (Å²) in [6.07, 6.45) is 6.81. The van der Waals surface area contributed by atoms with Crippen molar-refractivity contribution in [3.63, 3.8) is 0 Å². The van der Waals surface area contributed by atoms with Crippen LogP contribution in [0, 0.1) is 24.2 Å². The smallest absolute Gasteiger partial charge is 0.0139 e. The molecule has 108 valence electrons. The van der Waals surface area contributed by atoms with Gasteiger partial charge in [0.05, 0.1) is 0 Å². The summed E-state index contributed by atoms with van der Waals surface area (Å²) in [4.78, 5) is 0. The molecule has 0 spiro atoms. The van der Waals surface area contributed by atoms with E-state index in [0.717, 1.165) is 11.8 Å². The van der Waals surface area contributed by atoms with Gasteiger partial charge in [-0.25, -0.2) is 0 Å². The summed E-state index contributed by atoms with van der Waals surface area (Å²) in [6.45, 7) is 9.52. The van der Waals surface area contributed by atoms with Gasteiger partial charge in [0.2, 0.25) is 0 Å². The summed E-state index contributed by atoms with van der Waals surface area (Å²) in [5, 5.41) is 0. The van der Waals surface area contributed by atoms with E-state index in [0.29, 0.717) is 5.41 Å². The zero-order valence-electron chi connectivity index (χ0n) is 13.5. The first-order valence-electron chi connectivity index (χ1n) is 8.23. The second kappa shape index (κ2) is 5.06. The van der Waals surface area contributed by atoms with Crippen LogP contribution in [0.3, 0.4) is 0 Å². The third-order valence-corrected chi connectivity index (χ3v) is 5.42. The second-order valence-electron chi connectivity index (χ2n) is 7.73. The van der Waals surface area contributed by atoms with Crippen molar-refractivity contribution in [1.82, 2.24) is 0 Å². The molecule has 0 heteroatoms. The fourth-order valence-corrected chi connectivity index (χ4v) is 4.43. The molecular weight excluding hydrogens is 240 g/mol. The predicted molar refractivity (Wildman–Crippen MR) is 86.8 cm³/mol. The predicted octanol–water partition coefficient (Wildman–Crippen LogP) is 5.70. The van der Waals surface area contributed by atoms with Gasteiger partial charge in [-0.2, -0.15) is 0 Å². The van der Waals surface area contributed by atoms with Crippen molar-refractivity contribution in [2.75, 3.05) is 0 Å². The molecule has 0 N–H and O–H groups in total. The van der Waals surface area contributed by atoms with Gasteiger partial charge in [-0.15, -0.1) is 0 Å². The van der Waals surface area contributed by atoms with Crippen LogP contribution in [0.2, 0.25) is 0 Å². The lowest BCUT2D eigenvalue weighted by atomic mass is 9.70. The van der Waals surface area contributed by atoms with Crippen LogP contribution in [0.5, 0.6) is 0 Å². The first-order chi connectivity index (χ1) is 9.47. The molecule has 1 fully saturated rings. The Morgan fingerprint density at radius 2 is 2.00 bits per heavy atom. The van der Waals surface area contributed by atoms with Crippen molar-refractivity contribution in [2.45, 2.75) is 59.8 Å². The van der Waals surface area contributed by atoms with Gasteiger partial charge < -0.3 is 0 Å². The highest BCUT2D eigenvalue weighted by atomic mass is 14.5. The standard InChI is InChI=1S/C20H28/c1-14-7-5-9-16(11-14)12-17-13-18(17)19-15(2)8-6-10-20(19,3)4/h5,7,9,11,17-18H,6,8,10,12-13H2,1-4H3. The molecule has 1 aromatic rings. The third kappa shape index (κ3) is 2.71. The number of hydrogen-bond acceptors (Lipinski definition) is 0. The van der Waals surface area contributed by atoms with Crippen molar-refractivity contribution in [1.29, 1.82) is 0 Å². The minimum atomic E-state index is 0.453. The van der Waals surface area contributed by atoms with Gasteiger partial charge in [0, 0.05) is 0 Å². The third-order valence-electron chi connectivity index (χ3n) is 5.42. The molecule has 0 nitrogen and oxygen atoms in total. The number of hydrogen-bond donors (Lipinski definition) is 0. The maximum atomic E-state index is 2.47. The molecule has 1 saturated carbocycles. The van der Waals surface area contributed by atoms with Crippen LogP contribution >= 0.6 is 0 Å². The highest BCUT2D eigenvalue weighted by Gasteiger charge is 2.45. The normalized spacial score (nSPS) is 28.6. The molecule has 20 heavy (non-hydrogen) atoms. The first-order valence-corrected chi connectivity index (χ1v) is 8.23. The van der Waals surface area contributed by atoms with E-state index in [1.54, 1.807) is 5.57 Å². The lowest BCUT2D eigenvalue weighted by Crippen LogP contribution is -2.22. The van der Waals surface area contributed by atoms with E-state index >= 15 is 0 Å². The molecule has 2 unspecified atom stereocenters. The van der Waals surface area contributed by atoms with Crippen molar-refractivity contribution in [3.8, 4) is 0 Å². The average molecular weight is 268 g/mol. The zero-order valence-corrected chi connectivity index (χ0v) is 13.5. The van der Waals surface area contributed by atoms with E-state index in [2.05, 4.69) is 52.0 Å². The van der Waals surface area contributed by atoms with Gasteiger partial charge in [0.25, 0.3) is 0 Å². The molecule has 2 atom stereocenters. The molecule has 0 radical (unpaired) electrons. The highest BCUT2D eigenvalue weighted by Crippen LogP contribution is 2.56. The molecule has 3 rings (SSSR count). The van der Waals surface area contributed by atoms with E-state index in [1.807, 2.05) is 5.57 Å². The molecule has 0 heterocycles. The van der Waals surface area contributed by atoms with Crippen LogP contribution < -0.4 is 0 Å². The maximum Gasteiger partial charge on any atom is -0.0139 e. The van der Waals surface area contributed by atoms with Crippen LogP contribution in [0.15, 0.2) is 35.4 Å². The molecule has 0 aliphatic heterocycles. The summed E-state index contributed by atoms with van der Waals surface area (Å²) >= 11 is 0. The van der Waals surface area contributed by atoms with Crippen LogP contribution in [0.1, 0.15) is 57.6 Å². The Balaban J connectivity index is 1.73. The van der Waals surface area contributed by atoms with E-state index in [9.17, 15) is 0 Å². The van der Waals surface area contributed by atoms with E-state index < -0.39 is 0 Å². The SMILES string of the molecule is CC1=C(C2CC2Cc2cccc(C)c2)C(C)(C)CCC1. The Morgan fingerprint density at radius 1 is 1.20 bits per heavy atom. The monoisotopic (exact) mass is 268 g/mol. The lowest BCUT2D eigenvalue weighted by Gasteiger charge is -2.35. The quantitative estimate of drug-likeness (QED) is 0.617. The molecule has 0 amide bonds. The van der Waals surface area contributed by atoms with Crippen LogP contribution in [-0.4, -0.2) is 0 Å². The number of allylic oxidation sites excluding steroid dienone is 2. The molecule has 1 aromatic carbocycles. The lowest BCUT2D eigenvalue weighted by molar-refractivity contribution is 0.345. The Bertz CT molecular complexity index is 533. The Hall–Kier alpha value is -1.04.